The van der Waals surface area contributed by atoms with Crippen molar-refractivity contribution in [3.8, 4) is 0 Å². The lowest BCUT2D eigenvalue weighted by molar-refractivity contribution is -0.848. The number of aryl methyl sites for hydroxylation is 1. The molecule has 0 fully saturated rings. The van der Waals surface area contributed by atoms with Gasteiger partial charge in [-0.1, -0.05) is 103 Å². The molecule has 0 aliphatic carbocycles. The third-order valence-corrected chi connectivity index (χ3v) is 13.6. The predicted molar refractivity (Wildman–Crippen MR) is 238 cm³/mol. The summed E-state index contributed by atoms with van der Waals surface area (Å²) >= 11 is 0. The topological polar surface area (TPSA) is 99.5 Å². The largest absolute Gasteiger partial charge is 1.00 e. The van der Waals surface area contributed by atoms with Gasteiger partial charge in [-0.3, -0.25) is 9.59 Å². The quantitative estimate of drug-likeness (QED) is 0.0623. The van der Waals surface area contributed by atoms with Crippen molar-refractivity contribution in [3.05, 3.63) is 197 Å². The summed E-state index contributed by atoms with van der Waals surface area (Å²) in [5, 5.41) is 10.3. The van der Waals surface area contributed by atoms with Crippen LogP contribution in [0.5, 0.6) is 0 Å². The molecule has 0 aromatic heterocycles. The van der Waals surface area contributed by atoms with Crippen molar-refractivity contribution in [3.63, 3.8) is 0 Å². The van der Waals surface area contributed by atoms with E-state index in [9.17, 15) is 9.59 Å². The zero-order chi connectivity index (χ0) is 41.9. The highest BCUT2D eigenvalue weighted by atomic mass is 35.5. The summed E-state index contributed by atoms with van der Waals surface area (Å²) in [6.07, 6.45) is 0. The van der Waals surface area contributed by atoms with Gasteiger partial charge in [0.25, 0.3) is 11.8 Å². The summed E-state index contributed by atoms with van der Waals surface area (Å²) in [5.74, 6) is -1.01. The number of hydrogen-bond acceptors (Lipinski definition) is 7. The minimum absolute atomic E-state index is 0. The molecular formula is C50H46ClN5O4S. The highest BCUT2D eigenvalue weighted by Crippen LogP contribution is 2.39. The Bertz CT molecular complexity index is 2710. The lowest BCUT2D eigenvalue weighted by atomic mass is 9.93. The van der Waals surface area contributed by atoms with E-state index >= 15 is 8.42 Å². The van der Waals surface area contributed by atoms with Crippen molar-refractivity contribution in [1.29, 1.82) is 0 Å². The van der Waals surface area contributed by atoms with Crippen molar-refractivity contribution < 1.29 is 34.3 Å². The van der Waals surface area contributed by atoms with E-state index in [2.05, 4.69) is 35.0 Å². The van der Waals surface area contributed by atoms with Crippen LogP contribution in [-0.4, -0.2) is 37.2 Å². The van der Waals surface area contributed by atoms with E-state index in [-0.39, 0.29) is 46.5 Å². The number of azo groups is 1. The standard InChI is InChI=1S/C50H46N5O4S.ClH/c1-4-53(5-2)41-26-30-46(36(3)32-41)51-52-47-31-29-45-48-43(47)22-15-23-44(48)49(56)54(50(45)57)40-24-27-42(28-25-40)60(58,59)55(33-37-16-9-6-10-17-37,34-38-18-11-7-12-19-38)35-39-20-13-8-14-21-39;/h6-32H,4-5,33-35H2,1-3H3;1H/q+1;/p-1. The number of amides is 2. The maximum atomic E-state index is 15.2. The number of nitrogens with zero attached hydrogens (tertiary/aromatic N) is 5. The number of benzene rings is 7. The van der Waals surface area contributed by atoms with E-state index in [0.29, 0.717) is 27.6 Å². The molecule has 7 aromatic carbocycles. The van der Waals surface area contributed by atoms with Gasteiger partial charge in [0.1, 0.15) is 24.5 Å². The SMILES string of the molecule is CCN(CC)c1ccc(N=Nc2ccc3c4c(cccc24)C(=O)N(c2ccc(S(=O)(=O)[N+](Cc4ccccc4)(Cc4ccccc4)Cc4ccccc4)cc2)C3=O)c(C)c1.[Cl-]. The molecule has 0 atom stereocenters. The van der Waals surface area contributed by atoms with Gasteiger partial charge >= 0.3 is 10.0 Å². The number of carbonyl (C=O) groups is 2. The highest BCUT2D eigenvalue weighted by molar-refractivity contribution is 7.86. The van der Waals surface area contributed by atoms with Crippen LogP contribution in [0.1, 0.15) is 56.8 Å². The molecule has 9 nitrogen and oxygen atoms in total. The Kier molecular flexibility index (Phi) is 12.6. The van der Waals surface area contributed by atoms with Gasteiger partial charge in [-0.25, -0.2) is 8.79 Å². The van der Waals surface area contributed by atoms with Crippen LogP contribution >= 0.6 is 0 Å². The molecule has 7 aromatic rings. The molecule has 0 saturated heterocycles. The molecule has 1 aliphatic heterocycles. The number of hydrogen-bond donors (Lipinski definition) is 0. The number of imide groups is 1. The Morgan fingerprint density at radius 3 is 1.57 bits per heavy atom. The Morgan fingerprint density at radius 1 is 0.574 bits per heavy atom. The van der Waals surface area contributed by atoms with Gasteiger partial charge in [0.2, 0.25) is 0 Å². The maximum absolute atomic E-state index is 15.2. The minimum Gasteiger partial charge on any atom is -1.00 e. The van der Waals surface area contributed by atoms with Gasteiger partial charge in [0.15, 0.2) is 0 Å². The van der Waals surface area contributed by atoms with E-state index in [1.54, 1.807) is 36.4 Å². The van der Waals surface area contributed by atoms with Crippen molar-refractivity contribution in [2.45, 2.75) is 45.3 Å². The number of anilines is 2. The molecule has 0 bridgehead atoms. The summed E-state index contributed by atoms with van der Waals surface area (Å²) in [6, 6.07) is 49.9. The highest BCUT2D eigenvalue weighted by Gasteiger charge is 2.44. The first-order valence-corrected chi connectivity index (χ1v) is 21.6. The Hall–Kier alpha value is -6.46. The zero-order valence-electron chi connectivity index (χ0n) is 34.3. The van der Waals surface area contributed by atoms with Gasteiger partial charge in [-0.05, 0) is 87.0 Å². The molecule has 308 valence electrons. The monoisotopic (exact) mass is 847 g/mol. The zero-order valence-corrected chi connectivity index (χ0v) is 35.9. The fraction of sp³-hybridized carbons (Fsp3) is 0.160. The van der Waals surface area contributed by atoms with E-state index in [1.165, 1.54) is 12.1 Å². The molecule has 0 saturated carbocycles. The molecule has 0 radical (unpaired) electrons. The predicted octanol–water partition coefficient (Wildman–Crippen LogP) is 8.32. The third kappa shape index (κ3) is 8.35. The van der Waals surface area contributed by atoms with E-state index in [0.717, 1.165) is 51.6 Å². The Labute approximate surface area is 363 Å². The first-order valence-electron chi connectivity index (χ1n) is 20.2. The normalized spacial score (nSPS) is 12.8. The van der Waals surface area contributed by atoms with E-state index in [4.69, 9.17) is 0 Å². The van der Waals surface area contributed by atoms with Crippen LogP contribution in [0, 0.1) is 6.92 Å². The van der Waals surface area contributed by atoms with Crippen LogP contribution in [0.3, 0.4) is 0 Å². The minimum atomic E-state index is -4.13. The molecule has 2 amide bonds. The number of rotatable bonds is 14. The van der Waals surface area contributed by atoms with Gasteiger partial charge < -0.3 is 17.3 Å². The second kappa shape index (κ2) is 18.0. The van der Waals surface area contributed by atoms with Gasteiger partial charge in [-0.2, -0.15) is 13.5 Å². The number of halogens is 1. The molecule has 8 rings (SSSR count). The fourth-order valence-corrected chi connectivity index (χ4v) is 10.1. The van der Waals surface area contributed by atoms with E-state index in [1.807, 2.05) is 116 Å². The average Bonchev–Trinajstić information content (AvgIpc) is 3.27. The summed E-state index contributed by atoms with van der Waals surface area (Å²) in [7, 11) is -4.13. The molecule has 0 N–H and O–H groups in total. The summed E-state index contributed by atoms with van der Waals surface area (Å²) in [5.41, 5.74) is 6.98. The number of quaternary nitrogens is 1. The van der Waals surface area contributed by atoms with Crippen LogP contribution in [0.2, 0.25) is 0 Å². The summed E-state index contributed by atoms with van der Waals surface area (Å²) in [4.78, 5) is 32.0. The summed E-state index contributed by atoms with van der Waals surface area (Å²) in [6.45, 7) is 8.69. The third-order valence-electron chi connectivity index (χ3n) is 11.3. The number of carbonyl (C=O) groups excluding carboxylic acids is 2. The van der Waals surface area contributed by atoms with Crippen LogP contribution in [0.4, 0.5) is 22.7 Å². The number of sulfonamides is 1. The van der Waals surface area contributed by atoms with Gasteiger partial charge in [-0.15, -0.1) is 5.11 Å². The smallest absolute Gasteiger partial charge is 0.328 e. The molecule has 0 unspecified atom stereocenters. The molecule has 1 aliphatic rings. The van der Waals surface area contributed by atoms with Crippen molar-refractivity contribution in [2.75, 3.05) is 22.9 Å². The van der Waals surface area contributed by atoms with Crippen molar-refractivity contribution in [2.24, 2.45) is 10.2 Å². The van der Waals surface area contributed by atoms with E-state index < -0.39 is 21.8 Å². The first kappa shape index (κ1) is 42.7. The lowest BCUT2D eigenvalue weighted by Gasteiger charge is -2.37. The fourth-order valence-electron chi connectivity index (χ4n) is 8.21. The van der Waals surface area contributed by atoms with Gasteiger partial charge in [0.05, 0.1) is 17.1 Å². The van der Waals surface area contributed by atoms with Gasteiger partial charge in [0, 0.05) is 57.4 Å². The van der Waals surface area contributed by atoms with Crippen LogP contribution in [0.15, 0.2) is 179 Å². The van der Waals surface area contributed by atoms with Crippen LogP contribution in [-0.2, 0) is 29.7 Å². The first-order chi connectivity index (χ1) is 29.1. The van der Waals surface area contributed by atoms with Crippen molar-refractivity contribution >= 4 is 55.4 Å². The average molecular weight is 848 g/mol. The molecule has 1 heterocycles. The maximum Gasteiger partial charge on any atom is 0.328 e. The van der Waals surface area contributed by atoms with Crippen LogP contribution < -0.4 is 22.2 Å². The second-order valence-corrected chi connectivity index (χ2v) is 17.3. The molecule has 11 heteroatoms. The lowest BCUT2D eigenvalue weighted by Crippen LogP contribution is -3.00. The molecular weight excluding hydrogens is 802 g/mol. The Balaban J connectivity index is 0.00000561. The van der Waals surface area contributed by atoms with Crippen molar-refractivity contribution in [1.82, 2.24) is 0 Å². The summed E-state index contributed by atoms with van der Waals surface area (Å²) < 4.78 is 30.2. The molecule has 61 heavy (non-hydrogen) atoms. The molecule has 0 spiro atoms. The second-order valence-electron chi connectivity index (χ2n) is 15.1. The van der Waals surface area contributed by atoms with Crippen LogP contribution in [0.25, 0.3) is 10.8 Å². The Morgan fingerprint density at radius 2 is 1.07 bits per heavy atom.